The second-order valence-corrected chi connectivity index (χ2v) is 15.2. The number of nitrogens with two attached hydrogens (primary N) is 1. The molecule has 1 aliphatic heterocycles. The van der Waals surface area contributed by atoms with E-state index >= 15 is 0 Å². The number of aromatic nitrogens is 4. The van der Waals surface area contributed by atoms with Crippen molar-refractivity contribution >= 4 is 36.9 Å². The highest BCUT2D eigenvalue weighted by Gasteiger charge is 2.53. The molecule has 3 N–H and O–H groups in total. The van der Waals surface area contributed by atoms with Crippen molar-refractivity contribution in [2.24, 2.45) is 0 Å². The average molecular weight is 817 g/mol. The monoisotopic (exact) mass is 816 g/mol. The Morgan fingerprint density at radius 2 is 1.82 bits per heavy atom. The first kappa shape index (κ1) is 42.9. The van der Waals surface area contributed by atoms with Crippen LogP contribution < -0.4 is 15.3 Å². The van der Waals surface area contributed by atoms with Crippen molar-refractivity contribution in [2.45, 2.75) is 95.8 Å². The fourth-order valence-corrected chi connectivity index (χ4v) is 7.54. The van der Waals surface area contributed by atoms with Crippen molar-refractivity contribution in [1.82, 2.24) is 24.6 Å². The van der Waals surface area contributed by atoms with Crippen LogP contribution in [0.3, 0.4) is 0 Å². The normalized spacial score (nSPS) is 19.5. The number of halogens is 3. The molecule has 0 spiro atoms. The topological polar surface area (TPSA) is 188 Å². The smallest absolute Gasteiger partial charge is 0.462 e. The standard InChI is InChI=1S/C38H44F3N6O9P/c1-5-7-8-9-13-16-51-37(49)54-30-21-31(47-23-43-32-33(42)44-36(41)45-34(32)47)55-38(30,6-2)22-52-57(50,56-28-14-11-10-12-15-28)46-29(35(48)53-24(3)4)19-25-17-26(39)20-27(40)18-25/h2,10-12,14-15,17-18,20,23-24,29-31H,5,7-9,13,16,19,21-22H2,1,3-4H3,(H,46,50)(H2,42,44,45)/t29-,30-,31+,38+,57-/m0/s1. The van der Waals surface area contributed by atoms with Gasteiger partial charge in [-0.05, 0) is 56.5 Å². The third kappa shape index (κ3) is 11.4. The van der Waals surface area contributed by atoms with Crippen molar-refractivity contribution < 1.29 is 55.3 Å². The predicted molar refractivity (Wildman–Crippen MR) is 200 cm³/mol. The van der Waals surface area contributed by atoms with E-state index in [1.165, 1.54) is 23.0 Å². The zero-order valence-corrected chi connectivity index (χ0v) is 32.5. The molecule has 4 aromatic rings. The van der Waals surface area contributed by atoms with Crippen LogP contribution in [0, 0.1) is 30.1 Å². The fraction of sp³-hybridized carbons (Fsp3) is 0.447. The molecule has 0 unspecified atom stereocenters. The summed E-state index contributed by atoms with van der Waals surface area (Å²) in [5.74, 6) is -0.526. The molecule has 0 saturated carbocycles. The molecule has 0 aliphatic carbocycles. The van der Waals surface area contributed by atoms with E-state index in [0.29, 0.717) is 12.5 Å². The lowest BCUT2D eigenvalue weighted by Crippen LogP contribution is -2.46. The number of ether oxygens (including phenoxy) is 4. The molecular weight excluding hydrogens is 772 g/mol. The lowest BCUT2D eigenvalue weighted by atomic mass is 9.99. The number of imidazole rings is 1. The Bertz CT molecular complexity index is 2080. The van der Waals surface area contributed by atoms with Crippen LogP contribution in [0.2, 0.25) is 0 Å². The SMILES string of the molecule is C#C[C@]1(CO[P@@](=O)(N[C@@H](Cc2cc(F)cc(F)c2)C(=O)OC(C)C)Oc2ccccc2)O[C@@H](n2cnc3c(N)nc(F)nc32)C[C@@H]1OC(=O)OCCCCCCC. The van der Waals surface area contributed by atoms with Crippen LogP contribution in [0.25, 0.3) is 11.2 Å². The first-order chi connectivity index (χ1) is 27.2. The van der Waals surface area contributed by atoms with E-state index in [9.17, 15) is 27.3 Å². The van der Waals surface area contributed by atoms with Gasteiger partial charge in [-0.25, -0.2) is 23.1 Å². The van der Waals surface area contributed by atoms with Gasteiger partial charge in [-0.3, -0.25) is 13.9 Å². The van der Waals surface area contributed by atoms with Gasteiger partial charge in [-0.2, -0.15) is 19.4 Å². The highest BCUT2D eigenvalue weighted by molar-refractivity contribution is 7.52. The van der Waals surface area contributed by atoms with Crippen molar-refractivity contribution in [2.75, 3.05) is 18.9 Å². The van der Waals surface area contributed by atoms with Crippen LogP contribution in [-0.4, -0.2) is 68.7 Å². The van der Waals surface area contributed by atoms with Crippen LogP contribution in [0.15, 0.2) is 54.9 Å². The maximum Gasteiger partial charge on any atom is 0.508 e. The molecule has 5 atom stereocenters. The van der Waals surface area contributed by atoms with Gasteiger partial charge in [-0.1, -0.05) is 56.7 Å². The number of carbonyl (C=O) groups excluding carboxylic acids is 2. The quantitative estimate of drug-likeness (QED) is 0.0325. The zero-order chi connectivity index (χ0) is 41.2. The van der Waals surface area contributed by atoms with E-state index in [0.717, 1.165) is 37.8 Å². The largest absolute Gasteiger partial charge is 0.508 e. The summed E-state index contributed by atoms with van der Waals surface area (Å²) in [5.41, 5.74) is 3.83. The van der Waals surface area contributed by atoms with Gasteiger partial charge in [0.05, 0.1) is 19.0 Å². The zero-order valence-electron chi connectivity index (χ0n) is 31.6. The molecule has 2 aromatic heterocycles. The minimum Gasteiger partial charge on any atom is -0.462 e. The number of benzene rings is 2. The van der Waals surface area contributed by atoms with Crippen LogP contribution >= 0.6 is 7.75 Å². The summed E-state index contributed by atoms with van der Waals surface area (Å²) in [5, 5.41) is 2.56. The number of rotatable bonds is 19. The van der Waals surface area contributed by atoms with Crippen LogP contribution in [-0.2, 0) is 39.3 Å². The third-order valence-corrected chi connectivity index (χ3v) is 10.2. The van der Waals surface area contributed by atoms with E-state index in [1.807, 2.05) is 0 Å². The summed E-state index contributed by atoms with van der Waals surface area (Å²) in [6.07, 6.45) is 5.82. The Hall–Kier alpha value is -5.21. The van der Waals surface area contributed by atoms with Crippen LogP contribution in [0.4, 0.5) is 23.8 Å². The average Bonchev–Trinajstić information content (AvgIpc) is 3.73. The summed E-state index contributed by atoms with van der Waals surface area (Å²) >= 11 is 0. The number of carbonyl (C=O) groups is 2. The van der Waals surface area contributed by atoms with Gasteiger partial charge in [0.1, 0.15) is 36.3 Å². The summed E-state index contributed by atoms with van der Waals surface area (Å²) in [4.78, 5) is 37.9. The maximum absolute atomic E-state index is 14.8. The Labute approximate surface area is 327 Å². The molecule has 1 aliphatic rings. The number of nitrogens with zero attached hydrogens (tertiary/aromatic N) is 4. The molecule has 0 bridgehead atoms. The Balaban J connectivity index is 1.47. The summed E-state index contributed by atoms with van der Waals surface area (Å²) in [7, 11) is -4.78. The molecule has 3 heterocycles. The molecule has 0 amide bonds. The first-order valence-electron chi connectivity index (χ1n) is 18.3. The molecule has 1 saturated heterocycles. The van der Waals surface area contributed by atoms with Gasteiger partial charge >= 0.3 is 25.9 Å². The molecule has 1 fully saturated rings. The van der Waals surface area contributed by atoms with E-state index < -0.39 is 80.7 Å². The second kappa shape index (κ2) is 19.3. The number of nitrogen functional groups attached to an aromatic ring is 1. The summed E-state index contributed by atoms with van der Waals surface area (Å²) in [6, 6.07) is 8.86. The lowest BCUT2D eigenvalue weighted by molar-refractivity contribution is -0.149. The molecule has 306 valence electrons. The summed E-state index contributed by atoms with van der Waals surface area (Å²) in [6.45, 7) is 4.48. The number of nitrogens with one attached hydrogen (secondary N) is 1. The van der Waals surface area contributed by atoms with Gasteiger partial charge in [0.2, 0.25) is 0 Å². The highest BCUT2D eigenvalue weighted by Crippen LogP contribution is 2.49. The van der Waals surface area contributed by atoms with E-state index in [1.54, 1.807) is 32.0 Å². The van der Waals surface area contributed by atoms with Crippen LogP contribution in [0.5, 0.6) is 5.75 Å². The maximum atomic E-state index is 14.8. The minimum absolute atomic E-state index is 0.0183. The van der Waals surface area contributed by atoms with Crippen LogP contribution in [0.1, 0.15) is 71.1 Å². The van der Waals surface area contributed by atoms with Crippen molar-refractivity contribution in [3.05, 3.63) is 78.1 Å². The van der Waals surface area contributed by atoms with Gasteiger partial charge in [0.15, 0.2) is 28.7 Å². The minimum atomic E-state index is -4.78. The summed E-state index contributed by atoms with van der Waals surface area (Å²) < 4.78 is 93.4. The molecule has 57 heavy (non-hydrogen) atoms. The second-order valence-electron chi connectivity index (χ2n) is 13.5. The molecule has 5 rings (SSSR count). The van der Waals surface area contributed by atoms with Gasteiger partial charge in [0.25, 0.3) is 0 Å². The van der Waals surface area contributed by atoms with Gasteiger partial charge in [0, 0.05) is 12.5 Å². The number of para-hydroxylation sites is 1. The first-order valence-corrected chi connectivity index (χ1v) is 19.8. The van der Waals surface area contributed by atoms with Crippen molar-refractivity contribution in [1.29, 1.82) is 0 Å². The van der Waals surface area contributed by atoms with E-state index in [-0.39, 0.29) is 41.3 Å². The number of unbranched alkanes of at least 4 members (excludes halogenated alkanes) is 4. The molecule has 2 aromatic carbocycles. The van der Waals surface area contributed by atoms with Crippen molar-refractivity contribution in [3.63, 3.8) is 0 Å². The number of esters is 1. The third-order valence-electron chi connectivity index (χ3n) is 8.69. The Morgan fingerprint density at radius 3 is 2.51 bits per heavy atom. The number of terminal acetylenes is 1. The molecule has 0 radical (unpaired) electrons. The Morgan fingerprint density at radius 1 is 1.11 bits per heavy atom. The molecular formula is C38H44F3N6O9P. The number of hydrogen-bond acceptors (Lipinski definition) is 13. The predicted octanol–water partition coefficient (Wildman–Crippen LogP) is 6.97. The number of hydrogen-bond donors (Lipinski definition) is 2. The van der Waals surface area contributed by atoms with Gasteiger partial charge < -0.3 is 29.2 Å². The van der Waals surface area contributed by atoms with Crippen molar-refractivity contribution in [3.8, 4) is 18.1 Å². The number of anilines is 1. The van der Waals surface area contributed by atoms with E-state index in [4.69, 9.17) is 40.2 Å². The number of fused-ring (bicyclic) bond motifs is 1. The molecule has 15 nitrogen and oxygen atoms in total. The fourth-order valence-electron chi connectivity index (χ4n) is 6.02. The highest BCUT2D eigenvalue weighted by atomic mass is 31.2. The van der Waals surface area contributed by atoms with E-state index in [2.05, 4.69) is 32.9 Å². The Kier molecular flexibility index (Phi) is 14.5. The van der Waals surface area contributed by atoms with Gasteiger partial charge in [-0.15, -0.1) is 6.42 Å². The lowest BCUT2D eigenvalue weighted by Gasteiger charge is -2.31. The molecule has 19 heteroatoms.